The standard InChI is InChI=1S/C18H17ClFN3O2S/c19-15-7-12(20)4-3-11(15)6-17-21-18(25-22-17)16-8-13(24)9-23(16)10-14-2-1-5-26-14/h1-5,7,13,16,24H,6,8-10H2. The largest absolute Gasteiger partial charge is 0.392 e. The minimum atomic E-state index is -0.415. The lowest BCUT2D eigenvalue weighted by atomic mass is 10.1. The van der Waals surface area contributed by atoms with Gasteiger partial charge in [0.2, 0.25) is 5.89 Å². The van der Waals surface area contributed by atoms with Gasteiger partial charge in [0, 0.05) is 29.4 Å². The predicted octanol–water partition coefficient (Wildman–Crippen LogP) is 3.82. The third-order valence-corrected chi connectivity index (χ3v) is 5.67. The molecule has 136 valence electrons. The Morgan fingerprint density at radius 3 is 3.04 bits per heavy atom. The van der Waals surface area contributed by atoms with Crippen LogP contribution in [0.5, 0.6) is 0 Å². The molecule has 3 aromatic rings. The van der Waals surface area contributed by atoms with E-state index in [-0.39, 0.29) is 11.9 Å². The van der Waals surface area contributed by atoms with Crippen LogP contribution in [0.1, 0.15) is 34.6 Å². The summed E-state index contributed by atoms with van der Waals surface area (Å²) < 4.78 is 18.6. The van der Waals surface area contributed by atoms with Crippen LogP contribution >= 0.6 is 22.9 Å². The first kappa shape index (κ1) is 17.6. The molecule has 1 aliphatic heterocycles. The van der Waals surface area contributed by atoms with E-state index in [9.17, 15) is 9.50 Å². The summed E-state index contributed by atoms with van der Waals surface area (Å²) in [5.74, 6) is 0.606. The maximum Gasteiger partial charge on any atom is 0.244 e. The van der Waals surface area contributed by atoms with E-state index in [0.29, 0.717) is 36.1 Å². The van der Waals surface area contributed by atoms with Gasteiger partial charge in [0.25, 0.3) is 0 Å². The zero-order valence-electron chi connectivity index (χ0n) is 13.8. The van der Waals surface area contributed by atoms with Crippen molar-refractivity contribution in [3.63, 3.8) is 0 Å². The van der Waals surface area contributed by atoms with Crippen LogP contribution in [0, 0.1) is 5.82 Å². The van der Waals surface area contributed by atoms with Gasteiger partial charge in [-0.3, -0.25) is 4.90 Å². The molecule has 1 aliphatic rings. The number of hydrogen-bond donors (Lipinski definition) is 1. The summed E-state index contributed by atoms with van der Waals surface area (Å²) in [7, 11) is 0. The minimum Gasteiger partial charge on any atom is -0.392 e. The summed E-state index contributed by atoms with van der Waals surface area (Å²) in [6.45, 7) is 1.31. The van der Waals surface area contributed by atoms with E-state index in [2.05, 4.69) is 21.1 Å². The van der Waals surface area contributed by atoms with E-state index in [1.807, 2.05) is 11.4 Å². The Labute approximate surface area is 159 Å². The van der Waals surface area contributed by atoms with Crippen LogP contribution in [0.15, 0.2) is 40.2 Å². The number of likely N-dealkylation sites (tertiary alicyclic amines) is 1. The Bertz CT molecular complexity index is 886. The van der Waals surface area contributed by atoms with E-state index >= 15 is 0 Å². The number of β-amino-alcohol motifs (C(OH)–C–C–N with tert-alkyl or cyclic N) is 1. The zero-order chi connectivity index (χ0) is 18.1. The summed E-state index contributed by atoms with van der Waals surface area (Å²) in [5.41, 5.74) is 0.738. The molecule has 3 heterocycles. The molecule has 0 aliphatic carbocycles. The second kappa shape index (κ2) is 7.44. The van der Waals surface area contributed by atoms with Crippen LogP contribution in [-0.4, -0.2) is 32.8 Å². The van der Waals surface area contributed by atoms with Gasteiger partial charge in [-0.2, -0.15) is 4.98 Å². The average molecular weight is 394 g/mol. The highest BCUT2D eigenvalue weighted by Crippen LogP contribution is 2.33. The van der Waals surface area contributed by atoms with Crippen molar-refractivity contribution in [2.24, 2.45) is 0 Å². The van der Waals surface area contributed by atoms with Crippen LogP contribution in [-0.2, 0) is 13.0 Å². The number of nitrogens with zero attached hydrogens (tertiary/aromatic N) is 3. The molecule has 2 atom stereocenters. The van der Waals surface area contributed by atoms with Gasteiger partial charge in [-0.05, 0) is 35.6 Å². The SMILES string of the molecule is OC1CC(c2nc(Cc3ccc(F)cc3Cl)no2)N(Cc2cccs2)C1. The molecule has 0 bridgehead atoms. The van der Waals surface area contributed by atoms with Crippen molar-refractivity contribution in [1.29, 1.82) is 0 Å². The maximum atomic E-state index is 13.2. The van der Waals surface area contributed by atoms with Gasteiger partial charge >= 0.3 is 0 Å². The molecule has 0 saturated carbocycles. The smallest absolute Gasteiger partial charge is 0.244 e. The second-order valence-electron chi connectivity index (χ2n) is 6.38. The zero-order valence-corrected chi connectivity index (χ0v) is 15.4. The van der Waals surface area contributed by atoms with Gasteiger partial charge in [-0.1, -0.05) is 28.9 Å². The molecule has 2 unspecified atom stereocenters. The quantitative estimate of drug-likeness (QED) is 0.714. The molecule has 4 rings (SSSR count). The molecule has 5 nitrogen and oxygen atoms in total. The Morgan fingerprint density at radius 2 is 2.27 bits per heavy atom. The van der Waals surface area contributed by atoms with Crippen LogP contribution in [0.3, 0.4) is 0 Å². The number of aliphatic hydroxyl groups excluding tert-OH is 1. The van der Waals surface area contributed by atoms with Crippen molar-refractivity contribution in [3.05, 3.63) is 68.7 Å². The lowest BCUT2D eigenvalue weighted by Gasteiger charge is -2.20. The fourth-order valence-corrected chi connectivity index (χ4v) is 4.19. The van der Waals surface area contributed by atoms with Crippen molar-refractivity contribution in [3.8, 4) is 0 Å². The summed E-state index contributed by atoms with van der Waals surface area (Å²) in [4.78, 5) is 7.86. The summed E-state index contributed by atoms with van der Waals surface area (Å²) in [5, 5.41) is 16.5. The minimum absolute atomic E-state index is 0.114. The Kier molecular flexibility index (Phi) is 5.04. The van der Waals surface area contributed by atoms with E-state index in [0.717, 1.165) is 12.1 Å². The average Bonchev–Trinajstić information content (AvgIpc) is 3.32. The summed E-state index contributed by atoms with van der Waals surface area (Å²) in [6, 6.07) is 8.22. The first-order valence-corrected chi connectivity index (χ1v) is 9.55. The van der Waals surface area contributed by atoms with Crippen molar-refractivity contribution >= 4 is 22.9 Å². The van der Waals surface area contributed by atoms with Crippen LogP contribution in [0.2, 0.25) is 5.02 Å². The van der Waals surface area contributed by atoms with Gasteiger partial charge in [0.15, 0.2) is 5.82 Å². The van der Waals surface area contributed by atoms with Gasteiger partial charge in [-0.25, -0.2) is 4.39 Å². The molecule has 1 fully saturated rings. The monoisotopic (exact) mass is 393 g/mol. The molecule has 0 amide bonds. The Morgan fingerprint density at radius 1 is 1.38 bits per heavy atom. The van der Waals surface area contributed by atoms with Crippen LogP contribution < -0.4 is 0 Å². The number of benzene rings is 1. The van der Waals surface area contributed by atoms with Crippen molar-refractivity contribution in [2.45, 2.75) is 31.5 Å². The molecule has 1 saturated heterocycles. The lowest BCUT2D eigenvalue weighted by Crippen LogP contribution is -2.24. The number of aliphatic hydroxyl groups is 1. The maximum absolute atomic E-state index is 13.2. The van der Waals surface area contributed by atoms with Gasteiger partial charge in [-0.15, -0.1) is 11.3 Å². The van der Waals surface area contributed by atoms with E-state index in [4.69, 9.17) is 16.1 Å². The number of halogens is 2. The lowest BCUT2D eigenvalue weighted by molar-refractivity contribution is 0.170. The van der Waals surface area contributed by atoms with Crippen molar-refractivity contribution in [1.82, 2.24) is 15.0 Å². The molecule has 1 aromatic carbocycles. The number of aromatic nitrogens is 2. The molecule has 0 radical (unpaired) electrons. The Balaban J connectivity index is 1.50. The first-order chi connectivity index (χ1) is 12.6. The van der Waals surface area contributed by atoms with E-state index in [1.165, 1.54) is 17.0 Å². The van der Waals surface area contributed by atoms with Crippen molar-refractivity contribution in [2.75, 3.05) is 6.54 Å². The van der Waals surface area contributed by atoms with Gasteiger partial charge < -0.3 is 9.63 Å². The third kappa shape index (κ3) is 3.81. The highest BCUT2D eigenvalue weighted by Gasteiger charge is 2.36. The first-order valence-electron chi connectivity index (χ1n) is 8.29. The molecule has 0 spiro atoms. The molecular formula is C18H17ClFN3O2S. The molecule has 1 N–H and O–H groups in total. The summed E-state index contributed by atoms with van der Waals surface area (Å²) >= 11 is 7.75. The van der Waals surface area contributed by atoms with Gasteiger partial charge in [0.1, 0.15) is 5.82 Å². The molecular weight excluding hydrogens is 377 g/mol. The van der Waals surface area contributed by atoms with E-state index in [1.54, 1.807) is 17.4 Å². The predicted molar refractivity (Wildman–Crippen MR) is 96.6 cm³/mol. The van der Waals surface area contributed by atoms with Gasteiger partial charge in [0.05, 0.1) is 12.1 Å². The Hall–Kier alpha value is -1.80. The fraction of sp³-hybridized carbons (Fsp3) is 0.333. The highest BCUT2D eigenvalue weighted by molar-refractivity contribution is 7.09. The second-order valence-corrected chi connectivity index (χ2v) is 7.81. The number of rotatable bonds is 5. The summed E-state index contributed by atoms with van der Waals surface area (Å²) in [6.07, 6.45) is 0.509. The van der Waals surface area contributed by atoms with Crippen LogP contribution in [0.25, 0.3) is 0 Å². The van der Waals surface area contributed by atoms with E-state index < -0.39 is 6.10 Å². The molecule has 26 heavy (non-hydrogen) atoms. The third-order valence-electron chi connectivity index (χ3n) is 4.45. The fourth-order valence-electron chi connectivity index (χ4n) is 3.22. The number of hydrogen-bond acceptors (Lipinski definition) is 6. The van der Waals surface area contributed by atoms with Crippen LogP contribution in [0.4, 0.5) is 4.39 Å². The molecule has 8 heteroatoms. The topological polar surface area (TPSA) is 62.4 Å². The molecule has 2 aromatic heterocycles. The normalized spacial score (nSPS) is 20.7. The van der Waals surface area contributed by atoms with Crippen molar-refractivity contribution < 1.29 is 14.0 Å². The number of thiophene rings is 1. The highest BCUT2D eigenvalue weighted by atomic mass is 35.5.